The van der Waals surface area contributed by atoms with Crippen LogP contribution in [0.1, 0.15) is 45.4 Å². The third kappa shape index (κ3) is 4.34. The molecule has 1 aliphatic heterocycles. The van der Waals surface area contributed by atoms with E-state index >= 15 is 0 Å². The molecule has 1 atom stereocenters. The van der Waals surface area contributed by atoms with E-state index in [1.54, 1.807) is 25.7 Å². The number of carbonyl (C=O) groups is 1. The quantitative estimate of drug-likeness (QED) is 0.643. The summed E-state index contributed by atoms with van der Waals surface area (Å²) >= 11 is 0. The molecule has 32 heavy (non-hydrogen) atoms. The zero-order chi connectivity index (χ0) is 23.2. The molecular formula is C20H22F3N5O4. The predicted octanol–water partition coefficient (Wildman–Crippen LogP) is 3.84. The van der Waals surface area contributed by atoms with Gasteiger partial charge in [-0.3, -0.25) is 0 Å². The summed E-state index contributed by atoms with van der Waals surface area (Å²) < 4.78 is 49.9. The highest BCUT2D eigenvalue weighted by Crippen LogP contribution is 2.31. The number of fused-ring (bicyclic) bond motifs is 3. The van der Waals surface area contributed by atoms with Crippen LogP contribution in [0, 0.1) is 5.82 Å². The number of nitrogens with zero attached hydrogens (tertiary/aromatic N) is 5. The van der Waals surface area contributed by atoms with Gasteiger partial charge in [-0.15, -0.1) is 5.10 Å². The minimum atomic E-state index is -3.21. The second kappa shape index (κ2) is 7.99. The fourth-order valence-corrected chi connectivity index (χ4v) is 3.65. The smallest absolute Gasteiger partial charge is 0.410 e. The molecule has 1 fully saturated rings. The first-order valence-corrected chi connectivity index (χ1v) is 10.0. The molecule has 1 aliphatic rings. The van der Waals surface area contributed by atoms with Crippen molar-refractivity contribution < 1.29 is 32.5 Å². The van der Waals surface area contributed by atoms with Crippen LogP contribution in [0.5, 0.6) is 11.8 Å². The predicted molar refractivity (Wildman–Crippen MR) is 106 cm³/mol. The molecule has 1 saturated heterocycles. The van der Waals surface area contributed by atoms with E-state index in [0.717, 1.165) is 16.6 Å². The van der Waals surface area contributed by atoms with Crippen LogP contribution in [-0.4, -0.2) is 61.0 Å². The van der Waals surface area contributed by atoms with E-state index < -0.39 is 35.9 Å². The van der Waals surface area contributed by atoms with Gasteiger partial charge in [0.1, 0.15) is 5.60 Å². The van der Waals surface area contributed by atoms with Gasteiger partial charge < -0.3 is 19.5 Å². The van der Waals surface area contributed by atoms with Gasteiger partial charge in [-0.2, -0.15) is 18.3 Å². The van der Waals surface area contributed by atoms with Crippen molar-refractivity contribution in [2.45, 2.75) is 51.7 Å². The highest BCUT2D eigenvalue weighted by atomic mass is 19.3. The molecule has 1 amide bonds. The largest absolute Gasteiger partial charge is 0.479 e. The Morgan fingerprint density at radius 1 is 1.28 bits per heavy atom. The Morgan fingerprint density at radius 2 is 2.03 bits per heavy atom. The number of piperidine rings is 1. The lowest BCUT2D eigenvalue weighted by molar-refractivity contribution is -0.0520. The van der Waals surface area contributed by atoms with Crippen molar-refractivity contribution >= 4 is 22.6 Å². The van der Waals surface area contributed by atoms with Gasteiger partial charge in [0.2, 0.25) is 0 Å². The number of amides is 1. The van der Waals surface area contributed by atoms with Crippen molar-refractivity contribution in [1.82, 2.24) is 24.5 Å². The Kier molecular flexibility index (Phi) is 5.47. The fraction of sp³-hybridized carbons (Fsp3) is 0.500. The van der Waals surface area contributed by atoms with E-state index in [9.17, 15) is 23.1 Å². The molecule has 3 heterocycles. The van der Waals surface area contributed by atoms with Gasteiger partial charge in [0.15, 0.2) is 23.0 Å². The normalized spacial score (nSPS) is 17.3. The number of likely N-dealkylation sites (tertiary alicyclic amines) is 1. The number of hydrogen-bond donors (Lipinski definition) is 1. The fourth-order valence-electron chi connectivity index (χ4n) is 3.65. The SMILES string of the molecule is CC(C)(C)OC(=O)N1CCCC(c2nc3c4cc(F)c(OC(F)F)cc4nc(O)n3n2)C1. The summed E-state index contributed by atoms with van der Waals surface area (Å²) in [4.78, 5) is 22.4. The lowest BCUT2D eigenvalue weighted by Gasteiger charge is -2.33. The average molecular weight is 453 g/mol. The zero-order valence-electron chi connectivity index (χ0n) is 17.7. The Balaban J connectivity index is 1.68. The monoisotopic (exact) mass is 453 g/mol. The number of ether oxygens (including phenoxy) is 2. The summed E-state index contributed by atoms with van der Waals surface area (Å²) in [5.74, 6) is -1.61. The van der Waals surface area contributed by atoms with E-state index in [0.29, 0.717) is 31.8 Å². The number of halogens is 3. The van der Waals surface area contributed by atoms with Crippen molar-refractivity contribution in [3.63, 3.8) is 0 Å². The summed E-state index contributed by atoms with van der Waals surface area (Å²) in [5, 5.41) is 14.7. The molecule has 12 heteroatoms. The van der Waals surface area contributed by atoms with Crippen LogP contribution < -0.4 is 4.74 Å². The Labute approximate surface area is 180 Å². The molecule has 0 bridgehead atoms. The Morgan fingerprint density at radius 3 is 2.72 bits per heavy atom. The van der Waals surface area contributed by atoms with E-state index in [1.807, 2.05) is 0 Å². The van der Waals surface area contributed by atoms with Crippen molar-refractivity contribution in [2.75, 3.05) is 13.1 Å². The summed E-state index contributed by atoms with van der Waals surface area (Å²) in [6.07, 6.45) is 0.964. The van der Waals surface area contributed by atoms with Gasteiger partial charge in [-0.1, -0.05) is 0 Å². The molecule has 2 aromatic heterocycles. The number of benzene rings is 1. The van der Waals surface area contributed by atoms with Crippen LogP contribution in [0.15, 0.2) is 12.1 Å². The Bertz CT molecular complexity index is 1180. The van der Waals surface area contributed by atoms with Crippen molar-refractivity contribution in [3.8, 4) is 11.8 Å². The summed E-state index contributed by atoms with van der Waals surface area (Å²) in [5.41, 5.74) is -0.497. The molecule has 1 N–H and O–H groups in total. The second-order valence-corrected chi connectivity index (χ2v) is 8.56. The van der Waals surface area contributed by atoms with E-state index in [2.05, 4.69) is 19.8 Å². The van der Waals surface area contributed by atoms with Crippen LogP contribution in [0.2, 0.25) is 0 Å². The van der Waals surface area contributed by atoms with E-state index in [1.165, 1.54) is 0 Å². The molecule has 0 saturated carbocycles. The minimum absolute atomic E-state index is 0.0185. The third-order valence-corrected chi connectivity index (χ3v) is 4.98. The molecule has 4 rings (SSSR count). The van der Waals surface area contributed by atoms with Gasteiger partial charge in [0, 0.05) is 30.5 Å². The third-order valence-electron chi connectivity index (χ3n) is 4.98. The summed E-state index contributed by atoms with van der Waals surface area (Å²) in [7, 11) is 0. The number of aromatic hydroxyl groups is 1. The maximum absolute atomic E-state index is 14.3. The van der Waals surface area contributed by atoms with Crippen LogP contribution >= 0.6 is 0 Å². The number of hydrogen-bond acceptors (Lipinski definition) is 7. The highest BCUT2D eigenvalue weighted by molar-refractivity contribution is 5.92. The first kappa shape index (κ1) is 21.9. The zero-order valence-corrected chi connectivity index (χ0v) is 17.7. The maximum Gasteiger partial charge on any atom is 0.410 e. The topological polar surface area (TPSA) is 102 Å². The number of alkyl halides is 2. The molecule has 9 nitrogen and oxygen atoms in total. The van der Waals surface area contributed by atoms with Gasteiger partial charge in [0.25, 0.3) is 0 Å². The molecule has 3 aromatic rings. The van der Waals surface area contributed by atoms with Crippen LogP contribution in [0.4, 0.5) is 18.0 Å². The van der Waals surface area contributed by atoms with Gasteiger partial charge in [-0.25, -0.2) is 14.2 Å². The van der Waals surface area contributed by atoms with Crippen LogP contribution in [0.25, 0.3) is 16.6 Å². The molecule has 1 aromatic carbocycles. The van der Waals surface area contributed by atoms with Crippen molar-refractivity contribution in [1.29, 1.82) is 0 Å². The standard InChI is InChI=1S/C20H22F3N5O4/c1-20(2,3)32-19(30)27-6-4-5-10(9-27)15-25-16-11-7-12(21)14(31-17(22)23)8-13(11)24-18(29)28(16)26-15/h7-8,10,17H,4-6,9H2,1-3H3,(H,24,29). The summed E-state index contributed by atoms with van der Waals surface area (Å²) in [6.45, 7) is 3.00. The van der Waals surface area contributed by atoms with E-state index in [4.69, 9.17) is 4.74 Å². The first-order valence-electron chi connectivity index (χ1n) is 10.0. The van der Waals surface area contributed by atoms with E-state index in [-0.39, 0.29) is 22.5 Å². The van der Waals surface area contributed by atoms with Crippen molar-refractivity contribution in [2.24, 2.45) is 0 Å². The van der Waals surface area contributed by atoms with Crippen LogP contribution in [0.3, 0.4) is 0 Å². The number of carbonyl (C=O) groups excluding carboxylic acids is 1. The van der Waals surface area contributed by atoms with Gasteiger partial charge >= 0.3 is 18.7 Å². The number of aromatic nitrogens is 4. The lowest BCUT2D eigenvalue weighted by atomic mass is 9.98. The molecule has 1 unspecified atom stereocenters. The van der Waals surface area contributed by atoms with Crippen LogP contribution in [-0.2, 0) is 4.74 Å². The Hall–Kier alpha value is -3.31. The summed E-state index contributed by atoms with van der Waals surface area (Å²) in [6, 6.07) is 1.39. The van der Waals surface area contributed by atoms with Gasteiger partial charge in [0.05, 0.1) is 5.52 Å². The molecule has 172 valence electrons. The molecular weight excluding hydrogens is 431 g/mol. The molecule has 0 aliphatic carbocycles. The maximum atomic E-state index is 14.3. The molecule has 0 radical (unpaired) electrons. The minimum Gasteiger partial charge on any atom is -0.479 e. The first-order chi connectivity index (χ1) is 15.0. The lowest BCUT2D eigenvalue weighted by Crippen LogP contribution is -2.42. The number of rotatable bonds is 3. The highest BCUT2D eigenvalue weighted by Gasteiger charge is 2.31. The average Bonchev–Trinajstić information content (AvgIpc) is 3.14. The van der Waals surface area contributed by atoms with Gasteiger partial charge in [-0.05, 0) is 39.7 Å². The van der Waals surface area contributed by atoms with Crippen molar-refractivity contribution in [3.05, 3.63) is 23.8 Å². The molecule has 0 spiro atoms. The second-order valence-electron chi connectivity index (χ2n) is 8.56.